The Hall–Kier alpha value is -1.09. The van der Waals surface area contributed by atoms with Crippen molar-refractivity contribution in [1.29, 1.82) is 0 Å². The highest BCUT2D eigenvalue weighted by atomic mass is 35.5. The van der Waals surface area contributed by atoms with Crippen LogP contribution in [0.2, 0.25) is 5.15 Å². The summed E-state index contributed by atoms with van der Waals surface area (Å²) < 4.78 is 0. The first-order chi connectivity index (χ1) is 7.98. The molecule has 3 nitrogen and oxygen atoms in total. The Morgan fingerprint density at radius 1 is 1.53 bits per heavy atom. The molecular weight excluding hydrogens is 236 g/mol. The fourth-order valence-electron chi connectivity index (χ4n) is 2.11. The lowest BCUT2D eigenvalue weighted by Crippen LogP contribution is -2.39. The molecule has 1 N–H and O–H groups in total. The number of rotatable bonds is 3. The van der Waals surface area contributed by atoms with Gasteiger partial charge >= 0.3 is 0 Å². The zero-order chi connectivity index (χ0) is 12.5. The maximum Gasteiger partial charge on any atom is 0.251 e. The van der Waals surface area contributed by atoms with Crippen LogP contribution in [0.15, 0.2) is 12.1 Å². The van der Waals surface area contributed by atoms with Crippen molar-refractivity contribution in [2.75, 3.05) is 6.54 Å². The largest absolute Gasteiger partial charge is 0.351 e. The Balaban J connectivity index is 1.99. The van der Waals surface area contributed by atoms with Gasteiger partial charge in [0.05, 0.1) is 0 Å². The predicted octanol–water partition coefficient (Wildman–Crippen LogP) is 2.96. The number of hydrogen-bond acceptors (Lipinski definition) is 2. The summed E-state index contributed by atoms with van der Waals surface area (Å²) in [4.78, 5) is 16.0. The van der Waals surface area contributed by atoms with Crippen LogP contribution < -0.4 is 5.32 Å². The average molecular weight is 253 g/mol. The molecule has 0 aromatic carbocycles. The Kier molecular flexibility index (Phi) is 3.38. The van der Waals surface area contributed by atoms with E-state index in [0.29, 0.717) is 16.1 Å². The molecule has 0 spiro atoms. The van der Waals surface area contributed by atoms with Gasteiger partial charge in [-0.25, -0.2) is 4.98 Å². The molecule has 1 aliphatic carbocycles. The van der Waals surface area contributed by atoms with Crippen molar-refractivity contribution in [3.8, 4) is 0 Å². The van der Waals surface area contributed by atoms with Crippen molar-refractivity contribution >= 4 is 17.5 Å². The van der Waals surface area contributed by atoms with Crippen molar-refractivity contribution < 1.29 is 4.79 Å². The normalized spacial score (nSPS) is 17.4. The van der Waals surface area contributed by atoms with E-state index < -0.39 is 0 Å². The molecular formula is C13H17ClN2O. The third-order valence-electron chi connectivity index (χ3n) is 3.42. The lowest BCUT2D eigenvalue weighted by atomic mass is 9.70. The van der Waals surface area contributed by atoms with Gasteiger partial charge < -0.3 is 5.32 Å². The maximum absolute atomic E-state index is 11.9. The fourth-order valence-corrected chi connectivity index (χ4v) is 2.36. The molecule has 4 heteroatoms. The lowest BCUT2D eigenvalue weighted by Gasteiger charge is -2.38. The Morgan fingerprint density at radius 3 is 2.76 bits per heavy atom. The van der Waals surface area contributed by atoms with Gasteiger partial charge in [-0.3, -0.25) is 4.79 Å². The van der Waals surface area contributed by atoms with Crippen molar-refractivity contribution in [2.24, 2.45) is 5.41 Å². The molecule has 92 valence electrons. The fraction of sp³-hybridized carbons (Fsp3) is 0.538. The Bertz CT molecular complexity index is 421. The highest BCUT2D eigenvalue weighted by molar-refractivity contribution is 6.29. The van der Waals surface area contributed by atoms with E-state index in [-0.39, 0.29) is 5.91 Å². The average Bonchev–Trinajstić information content (AvgIpc) is 2.22. The van der Waals surface area contributed by atoms with Crippen LogP contribution in [0, 0.1) is 12.3 Å². The highest BCUT2D eigenvalue weighted by Crippen LogP contribution is 2.39. The van der Waals surface area contributed by atoms with Crippen LogP contribution in [0.3, 0.4) is 0 Å². The van der Waals surface area contributed by atoms with Gasteiger partial charge in [0, 0.05) is 17.8 Å². The minimum Gasteiger partial charge on any atom is -0.351 e. The second-order valence-electron chi connectivity index (χ2n) is 5.17. The first-order valence-corrected chi connectivity index (χ1v) is 6.29. The molecule has 17 heavy (non-hydrogen) atoms. The number of nitrogens with zero attached hydrogens (tertiary/aromatic N) is 1. The summed E-state index contributed by atoms with van der Waals surface area (Å²) in [5.74, 6) is -0.0643. The van der Waals surface area contributed by atoms with Crippen molar-refractivity contribution in [1.82, 2.24) is 10.3 Å². The number of pyridine rings is 1. The zero-order valence-electron chi connectivity index (χ0n) is 10.2. The van der Waals surface area contributed by atoms with Crippen LogP contribution in [0.4, 0.5) is 0 Å². The van der Waals surface area contributed by atoms with Crippen LogP contribution in [0.5, 0.6) is 0 Å². The van der Waals surface area contributed by atoms with E-state index in [1.165, 1.54) is 19.3 Å². The number of aromatic nitrogens is 1. The summed E-state index contributed by atoms with van der Waals surface area (Å²) in [6.07, 6.45) is 3.67. The number of amides is 1. The van der Waals surface area contributed by atoms with Crippen LogP contribution in [-0.2, 0) is 0 Å². The molecule has 0 aliphatic heterocycles. The third-order valence-corrected chi connectivity index (χ3v) is 3.61. The zero-order valence-corrected chi connectivity index (χ0v) is 11.0. The van der Waals surface area contributed by atoms with E-state index >= 15 is 0 Å². The lowest BCUT2D eigenvalue weighted by molar-refractivity contribution is 0.0890. The Labute approximate surface area is 107 Å². The molecule has 1 amide bonds. The molecule has 1 aliphatic rings. The van der Waals surface area contributed by atoms with E-state index in [1.54, 1.807) is 12.1 Å². The standard InChI is InChI=1S/C13H17ClN2O/c1-9-6-10(7-11(14)16-9)12(17)15-8-13(2)4-3-5-13/h6-7H,3-5,8H2,1-2H3,(H,15,17). The SMILES string of the molecule is Cc1cc(C(=O)NCC2(C)CCC2)cc(Cl)n1. The predicted molar refractivity (Wildman–Crippen MR) is 68.3 cm³/mol. The van der Waals surface area contributed by atoms with E-state index in [2.05, 4.69) is 17.2 Å². The molecule has 1 aromatic heterocycles. The number of hydrogen-bond donors (Lipinski definition) is 1. The molecule has 0 bridgehead atoms. The third kappa shape index (κ3) is 2.97. The molecule has 1 aromatic rings. The van der Waals surface area contributed by atoms with E-state index in [1.807, 2.05) is 6.92 Å². The molecule has 1 heterocycles. The quantitative estimate of drug-likeness (QED) is 0.841. The monoisotopic (exact) mass is 252 g/mol. The van der Waals surface area contributed by atoms with E-state index in [9.17, 15) is 4.79 Å². The van der Waals surface area contributed by atoms with Crippen molar-refractivity contribution in [3.63, 3.8) is 0 Å². The number of nitrogens with one attached hydrogen (secondary N) is 1. The number of carbonyl (C=O) groups excluding carboxylic acids is 1. The molecule has 0 radical (unpaired) electrons. The summed E-state index contributed by atoms with van der Waals surface area (Å²) >= 11 is 5.83. The minimum atomic E-state index is -0.0643. The molecule has 0 saturated heterocycles. The van der Waals surface area contributed by atoms with Gasteiger partial charge in [0.25, 0.3) is 5.91 Å². The summed E-state index contributed by atoms with van der Waals surface area (Å²) in [5, 5.41) is 3.34. The van der Waals surface area contributed by atoms with E-state index in [4.69, 9.17) is 11.6 Å². The molecule has 0 unspecified atom stereocenters. The molecule has 0 atom stereocenters. The Morgan fingerprint density at radius 2 is 2.24 bits per heavy atom. The van der Waals surface area contributed by atoms with Gasteiger partial charge in [-0.15, -0.1) is 0 Å². The highest BCUT2D eigenvalue weighted by Gasteiger charge is 2.31. The number of carbonyl (C=O) groups is 1. The van der Waals surface area contributed by atoms with Gasteiger partial charge in [-0.2, -0.15) is 0 Å². The summed E-state index contributed by atoms with van der Waals surface area (Å²) in [6.45, 7) is 4.78. The second kappa shape index (κ2) is 4.65. The molecule has 2 rings (SSSR count). The van der Waals surface area contributed by atoms with Gasteiger partial charge in [0.15, 0.2) is 0 Å². The van der Waals surface area contributed by atoms with Crippen molar-refractivity contribution in [3.05, 3.63) is 28.5 Å². The van der Waals surface area contributed by atoms with Crippen LogP contribution in [-0.4, -0.2) is 17.4 Å². The summed E-state index contributed by atoms with van der Waals surface area (Å²) in [6, 6.07) is 3.36. The van der Waals surface area contributed by atoms with Gasteiger partial charge in [0.2, 0.25) is 0 Å². The van der Waals surface area contributed by atoms with Gasteiger partial charge in [0.1, 0.15) is 5.15 Å². The van der Waals surface area contributed by atoms with Crippen molar-refractivity contribution in [2.45, 2.75) is 33.1 Å². The van der Waals surface area contributed by atoms with Crippen LogP contribution >= 0.6 is 11.6 Å². The van der Waals surface area contributed by atoms with E-state index in [0.717, 1.165) is 12.2 Å². The summed E-state index contributed by atoms with van der Waals surface area (Å²) in [7, 11) is 0. The second-order valence-corrected chi connectivity index (χ2v) is 5.55. The van der Waals surface area contributed by atoms with Gasteiger partial charge in [-0.1, -0.05) is 24.9 Å². The first-order valence-electron chi connectivity index (χ1n) is 5.91. The van der Waals surface area contributed by atoms with Crippen LogP contribution in [0.25, 0.3) is 0 Å². The number of halogens is 1. The maximum atomic E-state index is 11.9. The number of aryl methyl sites for hydroxylation is 1. The molecule has 1 fully saturated rings. The van der Waals surface area contributed by atoms with Crippen LogP contribution in [0.1, 0.15) is 42.2 Å². The molecule has 1 saturated carbocycles. The van der Waals surface area contributed by atoms with Gasteiger partial charge in [-0.05, 0) is 37.3 Å². The minimum absolute atomic E-state index is 0.0643. The topological polar surface area (TPSA) is 42.0 Å². The summed E-state index contributed by atoms with van der Waals surface area (Å²) in [5.41, 5.74) is 1.64. The first kappa shape index (κ1) is 12.4. The smallest absolute Gasteiger partial charge is 0.251 e.